The molecule has 9 nitrogen and oxygen atoms in total. The molecule has 1 fully saturated rings. The van der Waals surface area contributed by atoms with Crippen molar-refractivity contribution >= 4 is 17.7 Å². The number of ether oxygens (including phenoxy) is 2. The van der Waals surface area contributed by atoms with Gasteiger partial charge in [0.05, 0.1) is 14.2 Å². The summed E-state index contributed by atoms with van der Waals surface area (Å²) in [6.07, 6.45) is 3.46. The van der Waals surface area contributed by atoms with Gasteiger partial charge >= 0.3 is 0 Å². The number of nitrogens with zero attached hydrogens (tertiary/aromatic N) is 3. The first-order valence-electron chi connectivity index (χ1n) is 9.43. The van der Waals surface area contributed by atoms with Crippen molar-refractivity contribution in [2.75, 3.05) is 33.9 Å². The monoisotopic (exact) mass is 392 g/mol. The summed E-state index contributed by atoms with van der Waals surface area (Å²) in [5.74, 6) is 0.0729. The number of hydrogen-bond donors (Lipinski definition) is 1. The van der Waals surface area contributed by atoms with Gasteiger partial charge in [0.15, 0.2) is 0 Å². The van der Waals surface area contributed by atoms with Gasteiger partial charge < -0.3 is 14.8 Å². The maximum absolute atomic E-state index is 13.0. The SMILES string of the molecule is COc1ccc(C(=O)N2CCCN2C(=O)CCCCCNC(C)=O)c(OC)n1. The molecule has 9 heteroatoms. The van der Waals surface area contributed by atoms with E-state index in [9.17, 15) is 14.4 Å². The molecule has 0 spiro atoms. The van der Waals surface area contributed by atoms with Crippen molar-refractivity contribution in [3.63, 3.8) is 0 Å². The molecule has 1 aliphatic heterocycles. The molecule has 0 saturated carbocycles. The fourth-order valence-electron chi connectivity index (χ4n) is 3.05. The zero-order valence-electron chi connectivity index (χ0n) is 16.7. The first-order chi connectivity index (χ1) is 13.5. The van der Waals surface area contributed by atoms with Gasteiger partial charge in [0.2, 0.25) is 23.6 Å². The highest BCUT2D eigenvalue weighted by molar-refractivity contribution is 5.97. The normalized spacial score (nSPS) is 13.4. The molecule has 3 amide bonds. The number of pyridine rings is 1. The lowest BCUT2D eigenvalue weighted by molar-refractivity contribution is -0.140. The Bertz CT molecular complexity index is 710. The fraction of sp³-hybridized carbons (Fsp3) is 0.579. The fourth-order valence-corrected chi connectivity index (χ4v) is 3.05. The maximum Gasteiger partial charge on any atom is 0.277 e. The third-order valence-corrected chi connectivity index (χ3v) is 4.46. The summed E-state index contributed by atoms with van der Waals surface area (Å²) in [5.41, 5.74) is 0.290. The van der Waals surface area contributed by atoms with Crippen LogP contribution >= 0.6 is 0 Å². The molecule has 0 aliphatic carbocycles. The number of aromatic nitrogens is 1. The van der Waals surface area contributed by atoms with E-state index < -0.39 is 0 Å². The van der Waals surface area contributed by atoms with Gasteiger partial charge in [-0.3, -0.25) is 19.4 Å². The molecule has 0 aromatic carbocycles. The van der Waals surface area contributed by atoms with E-state index in [1.807, 2.05) is 0 Å². The highest BCUT2D eigenvalue weighted by Crippen LogP contribution is 2.24. The average Bonchev–Trinajstić information content (AvgIpc) is 3.19. The zero-order valence-corrected chi connectivity index (χ0v) is 16.7. The molecule has 0 atom stereocenters. The van der Waals surface area contributed by atoms with E-state index in [2.05, 4.69) is 10.3 Å². The number of methoxy groups -OCH3 is 2. The Morgan fingerprint density at radius 3 is 2.50 bits per heavy atom. The lowest BCUT2D eigenvalue weighted by Crippen LogP contribution is -2.44. The van der Waals surface area contributed by atoms with Crippen LogP contribution in [0.4, 0.5) is 0 Å². The number of unbranched alkanes of at least 4 members (excludes halogenated alkanes) is 2. The minimum absolute atomic E-state index is 0.0502. The lowest BCUT2D eigenvalue weighted by Gasteiger charge is -2.28. The van der Waals surface area contributed by atoms with E-state index >= 15 is 0 Å². The van der Waals surface area contributed by atoms with Crippen LogP contribution in [0.2, 0.25) is 0 Å². The Morgan fingerprint density at radius 2 is 1.82 bits per heavy atom. The third-order valence-electron chi connectivity index (χ3n) is 4.46. The molecule has 0 radical (unpaired) electrons. The summed E-state index contributed by atoms with van der Waals surface area (Å²) in [6, 6.07) is 3.18. The van der Waals surface area contributed by atoms with E-state index in [0.29, 0.717) is 43.9 Å². The van der Waals surface area contributed by atoms with Gasteiger partial charge in [-0.1, -0.05) is 6.42 Å². The van der Waals surface area contributed by atoms with Crippen LogP contribution in [0.15, 0.2) is 12.1 Å². The number of amides is 3. The smallest absolute Gasteiger partial charge is 0.277 e. The Morgan fingerprint density at radius 1 is 1.07 bits per heavy atom. The number of rotatable bonds is 9. The molecule has 1 aromatic heterocycles. The lowest BCUT2D eigenvalue weighted by atomic mass is 10.2. The molecule has 1 aliphatic rings. The standard InChI is InChI=1S/C19H28N4O5/c1-14(24)20-11-6-4-5-8-17(25)22-12-7-13-23(22)19(26)15-9-10-16(27-2)21-18(15)28-3/h9-10H,4-8,11-13H2,1-3H3,(H,20,24). The number of hydrazine groups is 1. The number of carbonyl (C=O) groups is 3. The molecule has 1 N–H and O–H groups in total. The van der Waals surface area contributed by atoms with Crippen LogP contribution in [0.3, 0.4) is 0 Å². The molecule has 1 saturated heterocycles. The summed E-state index contributed by atoms with van der Waals surface area (Å²) in [4.78, 5) is 40.5. The van der Waals surface area contributed by atoms with Gasteiger partial charge in [0.1, 0.15) is 5.56 Å². The van der Waals surface area contributed by atoms with E-state index in [1.54, 1.807) is 12.1 Å². The summed E-state index contributed by atoms with van der Waals surface area (Å²) in [7, 11) is 2.92. The number of carbonyl (C=O) groups excluding carboxylic acids is 3. The van der Waals surface area contributed by atoms with E-state index in [4.69, 9.17) is 9.47 Å². The largest absolute Gasteiger partial charge is 0.481 e. The Hall–Kier alpha value is -2.84. The van der Waals surface area contributed by atoms with Crippen LogP contribution in [0.25, 0.3) is 0 Å². The van der Waals surface area contributed by atoms with Crippen LogP contribution < -0.4 is 14.8 Å². The van der Waals surface area contributed by atoms with Crippen molar-refractivity contribution in [1.29, 1.82) is 0 Å². The molecular weight excluding hydrogens is 364 g/mol. The minimum atomic E-state index is -0.316. The number of hydrogen-bond acceptors (Lipinski definition) is 6. The quantitative estimate of drug-likeness (QED) is 0.637. The highest BCUT2D eigenvalue weighted by Gasteiger charge is 2.32. The summed E-state index contributed by atoms with van der Waals surface area (Å²) in [5, 5.41) is 5.71. The first kappa shape index (κ1) is 21.5. The molecule has 28 heavy (non-hydrogen) atoms. The maximum atomic E-state index is 13.0. The van der Waals surface area contributed by atoms with Crippen molar-refractivity contribution in [3.8, 4) is 11.8 Å². The van der Waals surface area contributed by atoms with Crippen LogP contribution in [-0.4, -0.2) is 66.6 Å². The van der Waals surface area contributed by atoms with Crippen molar-refractivity contribution in [1.82, 2.24) is 20.3 Å². The van der Waals surface area contributed by atoms with Gasteiger partial charge in [-0.25, -0.2) is 5.01 Å². The second-order valence-corrected chi connectivity index (χ2v) is 6.50. The zero-order chi connectivity index (χ0) is 20.5. The van der Waals surface area contributed by atoms with Crippen LogP contribution in [0.1, 0.15) is 49.4 Å². The number of nitrogens with one attached hydrogen (secondary N) is 1. The van der Waals surface area contributed by atoms with Gasteiger partial charge in [-0.15, -0.1) is 0 Å². The third kappa shape index (κ3) is 5.58. The molecule has 154 valence electrons. The summed E-state index contributed by atoms with van der Waals surface area (Å²) in [6.45, 7) is 3.09. The van der Waals surface area contributed by atoms with Gasteiger partial charge in [-0.2, -0.15) is 4.98 Å². The predicted octanol–water partition coefficient (Wildman–Crippen LogP) is 1.38. The molecule has 1 aromatic rings. The van der Waals surface area contributed by atoms with Crippen molar-refractivity contribution in [2.24, 2.45) is 0 Å². The van der Waals surface area contributed by atoms with Crippen LogP contribution in [0.5, 0.6) is 11.8 Å². The Kier molecular flexibility index (Phi) is 8.03. The molecule has 2 heterocycles. The van der Waals surface area contributed by atoms with Crippen molar-refractivity contribution in [2.45, 2.75) is 39.0 Å². The van der Waals surface area contributed by atoms with Crippen LogP contribution in [-0.2, 0) is 9.59 Å². The topological polar surface area (TPSA) is 101 Å². The van der Waals surface area contributed by atoms with Gasteiger partial charge in [0, 0.05) is 39.0 Å². The summed E-state index contributed by atoms with van der Waals surface area (Å²) >= 11 is 0. The summed E-state index contributed by atoms with van der Waals surface area (Å²) < 4.78 is 10.3. The first-order valence-corrected chi connectivity index (χ1v) is 9.43. The van der Waals surface area contributed by atoms with Gasteiger partial charge in [0.25, 0.3) is 5.91 Å². The van der Waals surface area contributed by atoms with Crippen molar-refractivity contribution < 1.29 is 23.9 Å². The van der Waals surface area contributed by atoms with Gasteiger partial charge in [-0.05, 0) is 25.3 Å². The second-order valence-electron chi connectivity index (χ2n) is 6.50. The highest BCUT2D eigenvalue weighted by atomic mass is 16.5. The molecular formula is C19H28N4O5. The molecule has 0 unspecified atom stereocenters. The predicted molar refractivity (Wildman–Crippen MR) is 102 cm³/mol. The Balaban J connectivity index is 1.93. The average molecular weight is 392 g/mol. The van der Waals surface area contributed by atoms with E-state index in [-0.39, 0.29) is 23.6 Å². The van der Waals surface area contributed by atoms with E-state index in [1.165, 1.54) is 31.2 Å². The van der Waals surface area contributed by atoms with E-state index in [0.717, 1.165) is 19.3 Å². The minimum Gasteiger partial charge on any atom is -0.481 e. The molecule has 2 rings (SSSR count). The van der Waals surface area contributed by atoms with Crippen LogP contribution in [0, 0.1) is 0 Å². The second kappa shape index (κ2) is 10.5. The van der Waals surface area contributed by atoms with Crippen molar-refractivity contribution in [3.05, 3.63) is 17.7 Å². The molecule has 0 bridgehead atoms. The Labute approximate surface area is 165 Å².